The first kappa shape index (κ1) is 23.2. The lowest BCUT2D eigenvalue weighted by Crippen LogP contribution is -2.26. The maximum atomic E-state index is 13.7. The Labute approximate surface area is 201 Å². The number of rotatable bonds is 5. The molecule has 6 nitrogen and oxygen atoms in total. The third-order valence-electron chi connectivity index (χ3n) is 7.04. The predicted octanol–water partition coefficient (Wildman–Crippen LogP) is 5.69. The van der Waals surface area contributed by atoms with Crippen LogP contribution in [0, 0.1) is 11.3 Å². The van der Waals surface area contributed by atoms with Crippen molar-refractivity contribution < 1.29 is 23.4 Å². The van der Waals surface area contributed by atoms with Gasteiger partial charge < -0.3 is 19.8 Å². The normalized spacial score (nSPS) is 18.3. The van der Waals surface area contributed by atoms with E-state index in [1.54, 1.807) is 26.1 Å². The first-order chi connectivity index (χ1) is 16.6. The van der Waals surface area contributed by atoms with Crippen LogP contribution in [0.4, 0.5) is 8.78 Å². The number of pyridine rings is 1. The number of cyclic esters (lactones) is 1. The van der Waals surface area contributed by atoms with Crippen molar-refractivity contribution in [2.45, 2.75) is 58.6 Å². The number of fused-ring (bicyclic) bond motifs is 2. The maximum absolute atomic E-state index is 13.7. The van der Waals surface area contributed by atoms with Crippen molar-refractivity contribution in [3.05, 3.63) is 59.1 Å². The van der Waals surface area contributed by atoms with Gasteiger partial charge in [0.25, 0.3) is 0 Å². The van der Waals surface area contributed by atoms with E-state index in [4.69, 9.17) is 20.2 Å². The van der Waals surface area contributed by atoms with Gasteiger partial charge in [0.15, 0.2) is 0 Å². The third kappa shape index (κ3) is 4.33. The number of allylic oxidation sites excluding steroid dienone is 2. The summed E-state index contributed by atoms with van der Waals surface area (Å²) in [5.41, 5.74) is 6.27. The van der Waals surface area contributed by atoms with Crippen LogP contribution in [0.15, 0.2) is 42.4 Å². The van der Waals surface area contributed by atoms with E-state index in [1.165, 1.54) is 0 Å². The Kier molecular flexibility index (Phi) is 5.69. The first-order valence-electron chi connectivity index (χ1n) is 11.8. The van der Waals surface area contributed by atoms with E-state index in [2.05, 4.69) is 4.57 Å². The van der Waals surface area contributed by atoms with Gasteiger partial charge in [0, 0.05) is 61.1 Å². The van der Waals surface area contributed by atoms with Crippen LogP contribution < -0.4 is 0 Å². The van der Waals surface area contributed by atoms with E-state index in [9.17, 15) is 13.6 Å². The van der Waals surface area contributed by atoms with Gasteiger partial charge in [-0.3, -0.25) is 4.98 Å². The van der Waals surface area contributed by atoms with Gasteiger partial charge in [-0.05, 0) is 49.4 Å². The Morgan fingerprint density at radius 2 is 1.97 bits per heavy atom. The second-order valence-electron chi connectivity index (χ2n) is 9.66. The Morgan fingerprint density at radius 3 is 2.66 bits per heavy atom. The molecule has 0 atom stereocenters. The molecule has 182 valence electrons. The zero-order valence-electron chi connectivity index (χ0n) is 19.8. The quantitative estimate of drug-likeness (QED) is 0.220. The van der Waals surface area contributed by atoms with Gasteiger partial charge in [-0.15, -0.1) is 0 Å². The van der Waals surface area contributed by atoms with Gasteiger partial charge in [-0.25, -0.2) is 13.6 Å². The first-order valence-corrected chi connectivity index (χ1v) is 11.8. The minimum atomic E-state index is -2.58. The average Bonchev–Trinajstić information content (AvgIpc) is 3.35. The van der Waals surface area contributed by atoms with E-state index in [0.717, 1.165) is 27.7 Å². The Balaban J connectivity index is 1.61. The summed E-state index contributed by atoms with van der Waals surface area (Å²) < 4.78 is 34.7. The van der Waals surface area contributed by atoms with E-state index >= 15 is 0 Å². The molecule has 2 aromatic heterocycles. The highest BCUT2D eigenvalue weighted by Gasteiger charge is 2.35. The molecule has 8 heteroatoms. The number of esters is 1. The lowest BCUT2D eigenvalue weighted by molar-refractivity contribution is -0.0472. The van der Waals surface area contributed by atoms with Gasteiger partial charge in [0.1, 0.15) is 6.61 Å². The Morgan fingerprint density at radius 1 is 1.23 bits per heavy atom. The maximum Gasteiger partial charge on any atom is 0.338 e. The fourth-order valence-electron chi connectivity index (χ4n) is 5.24. The summed E-state index contributed by atoms with van der Waals surface area (Å²) in [7, 11) is 0. The molecule has 0 amide bonds. The standard InChI is InChI=1S/C27H27F2N3O3/c1-15(30)24(16(2)33)19-10-23-25(31-11-19)22(18-3-4-21-20(9-18)14-35-26(21)34)13-32(23)12-17-5-7-27(28,29)8-6-17/h3-4,9-11,13,17,30,33H,5-8,12,14H2,1-2H3/p+1/b24-16+,30-15?. The number of ether oxygens (including phenoxy) is 1. The summed E-state index contributed by atoms with van der Waals surface area (Å²) in [6.07, 6.45) is 4.42. The highest BCUT2D eigenvalue weighted by Crippen LogP contribution is 2.39. The molecular weight excluding hydrogens is 452 g/mol. The van der Waals surface area contributed by atoms with E-state index in [1.807, 2.05) is 24.4 Å². The highest BCUT2D eigenvalue weighted by molar-refractivity contribution is 6.22. The summed E-state index contributed by atoms with van der Waals surface area (Å²) in [6.45, 7) is 4.13. The molecule has 1 fully saturated rings. The third-order valence-corrected chi connectivity index (χ3v) is 7.04. The second-order valence-corrected chi connectivity index (χ2v) is 9.66. The lowest BCUT2D eigenvalue weighted by atomic mass is 9.87. The molecule has 0 unspecified atom stereocenters. The van der Waals surface area contributed by atoms with Crippen molar-refractivity contribution in [3.8, 4) is 11.1 Å². The molecule has 3 aromatic rings. The number of hydrogen-bond acceptors (Lipinski definition) is 4. The topological polar surface area (TPSA) is 90.9 Å². The van der Waals surface area contributed by atoms with Crippen molar-refractivity contribution in [3.63, 3.8) is 0 Å². The fourth-order valence-corrected chi connectivity index (χ4v) is 5.24. The SMILES string of the molecule is CC(=N)/C(=C(/C)[OH2+])c1cnc2c(-c3ccc4c(c3)COC4=O)cn(CC3CCC(F)(F)CC3)c2c1. The van der Waals surface area contributed by atoms with Crippen molar-refractivity contribution in [2.24, 2.45) is 5.92 Å². The summed E-state index contributed by atoms with van der Waals surface area (Å²) in [4.78, 5) is 16.6. The smallest absolute Gasteiger partial charge is 0.338 e. The van der Waals surface area contributed by atoms with Gasteiger partial charge in [-0.1, -0.05) is 6.07 Å². The van der Waals surface area contributed by atoms with Crippen molar-refractivity contribution in [1.29, 1.82) is 5.41 Å². The molecule has 35 heavy (non-hydrogen) atoms. The Hall–Kier alpha value is -3.55. The van der Waals surface area contributed by atoms with E-state index in [0.29, 0.717) is 36.1 Å². The number of aromatic nitrogens is 2. The zero-order valence-corrected chi connectivity index (χ0v) is 19.8. The molecule has 1 aromatic carbocycles. The summed E-state index contributed by atoms with van der Waals surface area (Å²) in [5, 5.41) is 16.3. The summed E-state index contributed by atoms with van der Waals surface area (Å²) in [6, 6.07) is 7.53. The van der Waals surface area contributed by atoms with E-state index in [-0.39, 0.29) is 42.8 Å². The monoisotopic (exact) mass is 480 g/mol. The molecule has 0 spiro atoms. The van der Waals surface area contributed by atoms with Crippen LogP contribution >= 0.6 is 0 Å². The molecular formula is C27H28F2N3O3+. The molecule has 3 heterocycles. The lowest BCUT2D eigenvalue weighted by Gasteiger charge is -2.28. The molecule has 1 saturated carbocycles. The number of nitrogens with zero attached hydrogens (tertiary/aromatic N) is 2. The number of halogens is 2. The van der Waals surface area contributed by atoms with Crippen LogP contribution in [0.5, 0.6) is 0 Å². The van der Waals surface area contributed by atoms with Gasteiger partial charge in [-0.2, -0.15) is 0 Å². The number of hydrogen-bond donors (Lipinski definition) is 1. The predicted molar refractivity (Wildman–Crippen MR) is 131 cm³/mol. The molecule has 1 aliphatic carbocycles. The zero-order chi connectivity index (χ0) is 24.9. The second kappa shape index (κ2) is 8.59. The number of alkyl halides is 2. The minimum Gasteiger partial charge on any atom is -0.596 e. The van der Waals surface area contributed by atoms with Gasteiger partial charge in [0.2, 0.25) is 11.7 Å². The molecule has 2 aliphatic rings. The Bertz CT molecular complexity index is 1380. The minimum absolute atomic E-state index is 0.0933. The average molecular weight is 481 g/mol. The molecule has 3 N–H and O–H groups in total. The van der Waals surface area contributed by atoms with Gasteiger partial charge in [0.05, 0.1) is 22.2 Å². The van der Waals surface area contributed by atoms with Crippen LogP contribution in [0.1, 0.15) is 61.0 Å². The number of carbonyl (C=O) groups is 1. The van der Waals surface area contributed by atoms with Crippen LogP contribution in [-0.2, 0) is 17.9 Å². The molecule has 1 aliphatic heterocycles. The van der Waals surface area contributed by atoms with Crippen LogP contribution in [-0.4, -0.2) is 32.3 Å². The summed E-state index contributed by atoms with van der Waals surface area (Å²) >= 11 is 0. The summed E-state index contributed by atoms with van der Waals surface area (Å²) in [5.74, 6) is -2.48. The highest BCUT2D eigenvalue weighted by atomic mass is 19.3. The fraction of sp³-hybridized carbons (Fsp3) is 0.370. The molecule has 0 radical (unpaired) electrons. The van der Waals surface area contributed by atoms with Gasteiger partial charge >= 0.3 is 5.97 Å². The van der Waals surface area contributed by atoms with Crippen molar-refractivity contribution >= 4 is 28.3 Å². The van der Waals surface area contributed by atoms with Crippen LogP contribution in [0.3, 0.4) is 0 Å². The number of nitrogens with one attached hydrogen (secondary N) is 1. The van der Waals surface area contributed by atoms with E-state index < -0.39 is 5.92 Å². The largest absolute Gasteiger partial charge is 0.596 e. The van der Waals surface area contributed by atoms with Crippen molar-refractivity contribution in [2.75, 3.05) is 0 Å². The van der Waals surface area contributed by atoms with Crippen LogP contribution in [0.2, 0.25) is 0 Å². The molecule has 0 saturated heterocycles. The molecule has 0 bridgehead atoms. The van der Waals surface area contributed by atoms with Crippen LogP contribution in [0.25, 0.3) is 27.7 Å². The number of benzene rings is 1. The van der Waals surface area contributed by atoms with Crippen molar-refractivity contribution in [1.82, 2.24) is 9.55 Å². The number of carbonyl (C=O) groups excluding carboxylic acids is 1. The molecule has 5 rings (SSSR count).